The Kier molecular flexibility index (Phi) is 3.42. The summed E-state index contributed by atoms with van der Waals surface area (Å²) >= 11 is 0. The molecule has 0 atom stereocenters. The van der Waals surface area contributed by atoms with Crippen LogP contribution in [0, 0.1) is 5.92 Å². The second-order valence-corrected chi connectivity index (χ2v) is 1.77. The highest BCUT2D eigenvalue weighted by molar-refractivity contribution is 4.79. The van der Waals surface area contributed by atoms with Crippen molar-refractivity contribution in [3.05, 3.63) is 12.3 Å². The van der Waals surface area contributed by atoms with Gasteiger partial charge in [0.15, 0.2) is 0 Å². The van der Waals surface area contributed by atoms with Gasteiger partial charge in [-0.1, -0.05) is 19.9 Å². The molecule has 0 aromatic heterocycles. The molecule has 0 amide bonds. The minimum atomic E-state index is 0.580. The van der Waals surface area contributed by atoms with E-state index in [2.05, 4.69) is 19.3 Å². The Morgan fingerprint density at radius 1 is 1.57 bits per heavy atom. The molecule has 0 aliphatic heterocycles. The Bertz CT molecular complexity index is 57.1. The number of hydrogen-bond acceptors (Lipinski definition) is 2. The molecule has 0 heterocycles. The zero-order valence-electron chi connectivity index (χ0n) is 4.81. The summed E-state index contributed by atoms with van der Waals surface area (Å²) in [6, 6.07) is 0. The molecule has 0 aromatic rings. The van der Waals surface area contributed by atoms with E-state index in [1.807, 2.05) is 6.08 Å². The summed E-state index contributed by atoms with van der Waals surface area (Å²) in [6.45, 7) is 4.18. The van der Waals surface area contributed by atoms with Crippen molar-refractivity contribution >= 4 is 0 Å². The molecule has 0 saturated heterocycles. The van der Waals surface area contributed by atoms with Crippen LogP contribution in [0.3, 0.4) is 0 Å². The summed E-state index contributed by atoms with van der Waals surface area (Å²) in [5.74, 6) is 5.52. The molecule has 2 nitrogen and oxygen atoms in total. The lowest BCUT2D eigenvalue weighted by atomic mass is 10.2. The average molecular weight is 100 g/mol. The highest BCUT2D eigenvalue weighted by Gasteiger charge is 1.78. The van der Waals surface area contributed by atoms with Crippen LogP contribution in [0.2, 0.25) is 0 Å². The molecular formula is C5H12N2. The summed E-state index contributed by atoms with van der Waals surface area (Å²) in [5.41, 5.74) is 2.42. The van der Waals surface area contributed by atoms with Crippen LogP contribution in [-0.4, -0.2) is 0 Å². The Morgan fingerprint density at radius 3 is 2.29 bits per heavy atom. The molecular weight excluding hydrogens is 88.1 g/mol. The molecule has 0 unspecified atom stereocenters. The second kappa shape index (κ2) is 3.68. The van der Waals surface area contributed by atoms with Crippen molar-refractivity contribution in [2.24, 2.45) is 11.8 Å². The standard InChI is InChI=1S/C5H12N2/c1-5(2)3-4-7-6/h3-5,7H,6H2,1-2H3/b4-3-. The van der Waals surface area contributed by atoms with Crippen LogP contribution in [0.5, 0.6) is 0 Å². The third kappa shape index (κ3) is 5.50. The minimum absolute atomic E-state index is 0.580. The normalized spacial score (nSPS) is 10.9. The maximum atomic E-state index is 4.94. The summed E-state index contributed by atoms with van der Waals surface area (Å²) in [7, 11) is 0. The van der Waals surface area contributed by atoms with Crippen molar-refractivity contribution < 1.29 is 0 Å². The maximum Gasteiger partial charge on any atom is 0.00852 e. The van der Waals surface area contributed by atoms with Gasteiger partial charge in [-0.05, 0) is 5.92 Å². The summed E-state index contributed by atoms with van der Waals surface area (Å²) in [5, 5.41) is 0. The van der Waals surface area contributed by atoms with Crippen molar-refractivity contribution in [1.82, 2.24) is 5.43 Å². The third-order valence-corrected chi connectivity index (χ3v) is 0.577. The van der Waals surface area contributed by atoms with Gasteiger partial charge in [0.05, 0.1) is 0 Å². The van der Waals surface area contributed by atoms with Crippen molar-refractivity contribution in [3.63, 3.8) is 0 Å². The number of hydrazine groups is 1. The van der Waals surface area contributed by atoms with Crippen LogP contribution in [-0.2, 0) is 0 Å². The molecule has 3 N–H and O–H groups in total. The van der Waals surface area contributed by atoms with Crippen molar-refractivity contribution in [3.8, 4) is 0 Å². The molecule has 0 saturated carbocycles. The van der Waals surface area contributed by atoms with Crippen molar-refractivity contribution in [2.45, 2.75) is 13.8 Å². The number of hydrogen-bond donors (Lipinski definition) is 2. The molecule has 2 heteroatoms. The monoisotopic (exact) mass is 100 g/mol. The average Bonchev–Trinajstić information content (AvgIpc) is 1.61. The Hall–Kier alpha value is -0.500. The van der Waals surface area contributed by atoms with Gasteiger partial charge in [0.1, 0.15) is 0 Å². The topological polar surface area (TPSA) is 38.0 Å². The fourth-order valence-electron chi connectivity index (χ4n) is 0.248. The van der Waals surface area contributed by atoms with E-state index >= 15 is 0 Å². The van der Waals surface area contributed by atoms with E-state index in [4.69, 9.17) is 5.84 Å². The van der Waals surface area contributed by atoms with Crippen molar-refractivity contribution in [2.75, 3.05) is 0 Å². The van der Waals surface area contributed by atoms with Crippen LogP contribution in [0.15, 0.2) is 12.3 Å². The first-order valence-electron chi connectivity index (χ1n) is 2.40. The second-order valence-electron chi connectivity index (χ2n) is 1.77. The number of nitrogens with two attached hydrogens (primary N) is 1. The molecule has 0 radical (unpaired) electrons. The predicted molar refractivity (Wildman–Crippen MR) is 31.3 cm³/mol. The SMILES string of the molecule is CC(C)/C=C\NN. The third-order valence-electron chi connectivity index (χ3n) is 0.577. The zero-order chi connectivity index (χ0) is 5.70. The number of rotatable bonds is 2. The van der Waals surface area contributed by atoms with Gasteiger partial charge < -0.3 is 5.43 Å². The van der Waals surface area contributed by atoms with Gasteiger partial charge in [-0.25, -0.2) is 0 Å². The molecule has 0 rings (SSSR count). The molecule has 7 heavy (non-hydrogen) atoms. The van der Waals surface area contributed by atoms with Gasteiger partial charge in [-0.3, -0.25) is 5.84 Å². The minimum Gasteiger partial charge on any atom is -0.332 e. The Labute approximate surface area is 44.4 Å². The fraction of sp³-hybridized carbons (Fsp3) is 0.600. The van der Waals surface area contributed by atoms with Crippen LogP contribution in [0.25, 0.3) is 0 Å². The molecule has 42 valence electrons. The number of allylic oxidation sites excluding steroid dienone is 1. The largest absolute Gasteiger partial charge is 0.332 e. The van der Waals surface area contributed by atoms with E-state index in [1.165, 1.54) is 0 Å². The van der Waals surface area contributed by atoms with Gasteiger partial charge >= 0.3 is 0 Å². The zero-order valence-corrected chi connectivity index (χ0v) is 4.81. The highest BCUT2D eigenvalue weighted by atomic mass is 15.2. The molecule has 0 aromatic carbocycles. The van der Waals surface area contributed by atoms with E-state index in [0.29, 0.717) is 5.92 Å². The lowest BCUT2D eigenvalue weighted by Gasteiger charge is -1.90. The summed E-state index contributed by atoms with van der Waals surface area (Å²) in [4.78, 5) is 0. The van der Waals surface area contributed by atoms with Gasteiger partial charge in [0, 0.05) is 6.20 Å². The quantitative estimate of drug-likeness (QED) is 0.394. The van der Waals surface area contributed by atoms with Crippen LogP contribution < -0.4 is 11.3 Å². The van der Waals surface area contributed by atoms with Gasteiger partial charge in [-0.2, -0.15) is 0 Å². The van der Waals surface area contributed by atoms with Gasteiger partial charge in [0.2, 0.25) is 0 Å². The molecule has 0 spiro atoms. The van der Waals surface area contributed by atoms with E-state index in [1.54, 1.807) is 6.20 Å². The number of nitrogens with one attached hydrogen (secondary N) is 1. The first-order chi connectivity index (χ1) is 3.27. The summed E-state index contributed by atoms with van der Waals surface area (Å²) < 4.78 is 0. The van der Waals surface area contributed by atoms with Gasteiger partial charge in [-0.15, -0.1) is 0 Å². The highest BCUT2D eigenvalue weighted by Crippen LogP contribution is 1.89. The lowest BCUT2D eigenvalue weighted by molar-refractivity contribution is 0.813. The first kappa shape index (κ1) is 6.50. The van der Waals surface area contributed by atoms with E-state index < -0.39 is 0 Å². The fourth-order valence-corrected chi connectivity index (χ4v) is 0.248. The molecule has 0 fully saturated rings. The molecule has 0 aliphatic carbocycles. The maximum absolute atomic E-state index is 4.94. The Morgan fingerprint density at radius 2 is 2.14 bits per heavy atom. The first-order valence-corrected chi connectivity index (χ1v) is 2.40. The smallest absolute Gasteiger partial charge is 0.00852 e. The lowest BCUT2D eigenvalue weighted by Crippen LogP contribution is -2.13. The van der Waals surface area contributed by atoms with E-state index in [0.717, 1.165) is 0 Å². The summed E-state index contributed by atoms with van der Waals surface area (Å²) in [6.07, 6.45) is 3.71. The molecule has 0 bridgehead atoms. The van der Waals surface area contributed by atoms with E-state index in [-0.39, 0.29) is 0 Å². The van der Waals surface area contributed by atoms with Crippen LogP contribution >= 0.6 is 0 Å². The van der Waals surface area contributed by atoms with E-state index in [9.17, 15) is 0 Å². The van der Waals surface area contributed by atoms with Gasteiger partial charge in [0.25, 0.3) is 0 Å². The Balaban J connectivity index is 3.08. The van der Waals surface area contributed by atoms with Crippen LogP contribution in [0.1, 0.15) is 13.8 Å². The predicted octanol–water partition coefficient (Wildman–Crippen LogP) is 0.619. The van der Waals surface area contributed by atoms with Crippen molar-refractivity contribution in [1.29, 1.82) is 0 Å². The van der Waals surface area contributed by atoms with Crippen LogP contribution in [0.4, 0.5) is 0 Å². The molecule has 0 aliphatic rings.